The lowest BCUT2D eigenvalue weighted by Gasteiger charge is -2.12. The molecule has 5 heteroatoms. The average molecular weight is 305 g/mol. The van der Waals surface area contributed by atoms with E-state index in [1.165, 1.54) is 9.35 Å². The highest BCUT2D eigenvalue weighted by molar-refractivity contribution is 9.10. The summed E-state index contributed by atoms with van der Waals surface area (Å²) in [5.41, 5.74) is 5.57. The molecule has 2 atom stereocenters. The first-order valence-electron chi connectivity index (χ1n) is 5.57. The lowest BCUT2D eigenvalue weighted by Crippen LogP contribution is -2.28. The lowest BCUT2D eigenvalue weighted by atomic mass is 10.2. The Kier molecular flexibility index (Phi) is 4.79. The number of ether oxygens (including phenoxy) is 1. The van der Waals surface area contributed by atoms with Crippen molar-refractivity contribution in [3.8, 4) is 0 Å². The van der Waals surface area contributed by atoms with Gasteiger partial charge in [-0.25, -0.2) is 0 Å². The highest BCUT2D eigenvalue weighted by atomic mass is 79.9. The van der Waals surface area contributed by atoms with Crippen molar-refractivity contribution in [2.45, 2.75) is 31.6 Å². The van der Waals surface area contributed by atoms with Gasteiger partial charge in [0.2, 0.25) is 0 Å². The molecule has 16 heavy (non-hydrogen) atoms. The average Bonchev–Trinajstić information content (AvgIpc) is 2.89. The summed E-state index contributed by atoms with van der Waals surface area (Å²) in [5, 5.41) is 5.52. The van der Waals surface area contributed by atoms with E-state index >= 15 is 0 Å². The molecule has 0 aliphatic carbocycles. The molecule has 2 rings (SSSR count). The molecule has 0 bridgehead atoms. The zero-order valence-corrected chi connectivity index (χ0v) is 11.5. The van der Waals surface area contributed by atoms with Gasteiger partial charge in [0, 0.05) is 29.0 Å². The lowest BCUT2D eigenvalue weighted by molar-refractivity contribution is 0.0504. The van der Waals surface area contributed by atoms with Gasteiger partial charge in [0.15, 0.2) is 0 Å². The van der Waals surface area contributed by atoms with Crippen molar-refractivity contribution in [3.05, 3.63) is 20.8 Å². The van der Waals surface area contributed by atoms with E-state index in [1.807, 2.05) is 0 Å². The normalized spacial score (nSPS) is 25.1. The monoisotopic (exact) mass is 304 g/mol. The van der Waals surface area contributed by atoms with E-state index in [2.05, 4.69) is 32.7 Å². The number of halogens is 1. The van der Waals surface area contributed by atoms with Gasteiger partial charge in [-0.1, -0.05) is 0 Å². The smallest absolute Gasteiger partial charge is 0.0704 e. The topological polar surface area (TPSA) is 47.3 Å². The fourth-order valence-electron chi connectivity index (χ4n) is 1.90. The quantitative estimate of drug-likeness (QED) is 0.876. The maximum absolute atomic E-state index is 5.76. The largest absolute Gasteiger partial charge is 0.372 e. The van der Waals surface area contributed by atoms with Crippen LogP contribution in [0.5, 0.6) is 0 Å². The summed E-state index contributed by atoms with van der Waals surface area (Å²) < 4.78 is 6.96. The number of hydrogen-bond donors (Lipinski definition) is 2. The van der Waals surface area contributed by atoms with Gasteiger partial charge < -0.3 is 15.8 Å². The van der Waals surface area contributed by atoms with E-state index < -0.39 is 0 Å². The Hall–Kier alpha value is 0.0600. The zero-order chi connectivity index (χ0) is 11.4. The molecule has 2 heterocycles. The molecule has 1 aliphatic rings. The predicted octanol–water partition coefficient (Wildman–Crippen LogP) is 2.11. The first kappa shape index (κ1) is 12.5. The molecule has 1 fully saturated rings. The number of nitrogens with one attached hydrogen (secondary N) is 1. The summed E-state index contributed by atoms with van der Waals surface area (Å²) in [6.07, 6.45) is 2.85. The van der Waals surface area contributed by atoms with Gasteiger partial charge in [0.25, 0.3) is 0 Å². The van der Waals surface area contributed by atoms with Gasteiger partial charge in [0.1, 0.15) is 0 Å². The fraction of sp³-hybridized carbons (Fsp3) is 0.636. The molecule has 0 spiro atoms. The first-order chi connectivity index (χ1) is 7.79. The molecule has 2 unspecified atom stereocenters. The fourth-order valence-corrected chi connectivity index (χ4v) is 3.36. The van der Waals surface area contributed by atoms with Crippen molar-refractivity contribution in [1.82, 2.24) is 5.32 Å². The van der Waals surface area contributed by atoms with Crippen LogP contribution in [0.4, 0.5) is 0 Å². The molecule has 1 saturated heterocycles. The molecule has 90 valence electrons. The number of hydrogen-bond acceptors (Lipinski definition) is 4. The Bertz CT molecular complexity index is 332. The number of thiophene rings is 1. The van der Waals surface area contributed by atoms with Crippen LogP contribution in [0, 0.1) is 0 Å². The standard InChI is InChI=1S/C11H17BrN2OS/c12-10-3-4-16-11(10)7-14-6-9-2-1-8(5-13)15-9/h3-4,8-9,14H,1-2,5-7,13H2. The minimum atomic E-state index is 0.278. The summed E-state index contributed by atoms with van der Waals surface area (Å²) in [6.45, 7) is 2.47. The van der Waals surface area contributed by atoms with Crippen molar-refractivity contribution >= 4 is 27.3 Å². The third-order valence-corrected chi connectivity index (χ3v) is 4.73. The SMILES string of the molecule is NCC1CCC(CNCc2sccc2Br)O1. The Morgan fingerprint density at radius 2 is 2.31 bits per heavy atom. The maximum atomic E-state index is 5.76. The van der Waals surface area contributed by atoms with Gasteiger partial charge in [-0.3, -0.25) is 0 Å². The highest BCUT2D eigenvalue weighted by Crippen LogP contribution is 2.22. The third kappa shape index (κ3) is 3.28. The van der Waals surface area contributed by atoms with E-state index in [0.29, 0.717) is 12.6 Å². The van der Waals surface area contributed by atoms with Crippen molar-refractivity contribution in [3.63, 3.8) is 0 Å². The molecule has 3 nitrogen and oxygen atoms in total. The van der Waals surface area contributed by atoms with Gasteiger partial charge in [-0.05, 0) is 40.2 Å². The van der Waals surface area contributed by atoms with Crippen molar-refractivity contribution < 1.29 is 4.74 Å². The Labute approximate surface area is 108 Å². The van der Waals surface area contributed by atoms with Crippen molar-refractivity contribution in [2.75, 3.05) is 13.1 Å². The summed E-state index contributed by atoms with van der Waals surface area (Å²) >= 11 is 5.29. The molecule has 1 aliphatic heterocycles. The molecule has 0 aromatic carbocycles. The van der Waals surface area contributed by atoms with Crippen LogP contribution in [0.2, 0.25) is 0 Å². The highest BCUT2D eigenvalue weighted by Gasteiger charge is 2.23. The van der Waals surface area contributed by atoms with Crippen LogP contribution in [0.1, 0.15) is 17.7 Å². The van der Waals surface area contributed by atoms with Crippen LogP contribution in [-0.2, 0) is 11.3 Å². The van der Waals surface area contributed by atoms with Crippen LogP contribution >= 0.6 is 27.3 Å². The minimum Gasteiger partial charge on any atom is -0.372 e. The second-order valence-corrected chi connectivity index (χ2v) is 5.87. The third-order valence-electron chi connectivity index (χ3n) is 2.81. The predicted molar refractivity (Wildman–Crippen MR) is 70.7 cm³/mol. The van der Waals surface area contributed by atoms with Crippen LogP contribution in [0.3, 0.4) is 0 Å². The minimum absolute atomic E-state index is 0.278. The summed E-state index contributed by atoms with van der Waals surface area (Å²) in [6, 6.07) is 2.08. The Morgan fingerprint density at radius 1 is 1.50 bits per heavy atom. The van der Waals surface area contributed by atoms with Crippen LogP contribution in [0.15, 0.2) is 15.9 Å². The van der Waals surface area contributed by atoms with Gasteiger partial charge in [0.05, 0.1) is 12.2 Å². The van der Waals surface area contributed by atoms with Gasteiger partial charge in [-0.15, -0.1) is 11.3 Å². The van der Waals surface area contributed by atoms with Crippen molar-refractivity contribution in [1.29, 1.82) is 0 Å². The van der Waals surface area contributed by atoms with E-state index in [1.54, 1.807) is 11.3 Å². The van der Waals surface area contributed by atoms with Crippen molar-refractivity contribution in [2.24, 2.45) is 5.73 Å². The molecule has 0 saturated carbocycles. The summed E-state index contributed by atoms with van der Waals surface area (Å²) in [5.74, 6) is 0. The molecule has 0 amide bonds. The molecular formula is C11H17BrN2OS. The summed E-state index contributed by atoms with van der Waals surface area (Å²) in [4.78, 5) is 1.34. The number of rotatable bonds is 5. The molecular weight excluding hydrogens is 288 g/mol. The van der Waals surface area contributed by atoms with E-state index in [0.717, 1.165) is 25.9 Å². The Morgan fingerprint density at radius 3 is 2.94 bits per heavy atom. The second kappa shape index (κ2) is 6.12. The second-order valence-electron chi connectivity index (χ2n) is 4.02. The summed E-state index contributed by atoms with van der Waals surface area (Å²) in [7, 11) is 0. The molecule has 1 aromatic rings. The van der Waals surface area contributed by atoms with Crippen LogP contribution in [0.25, 0.3) is 0 Å². The van der Waals surface area contributed by atoms with Gasteiger partial charge >= 0.3 is 0 Å². The number of nitrogens with two attached hydrogens (primary N) is 1. The first-order valence-corrected chi connectivity index (χ1v) is 7.25. The maximum Gasteiger partial charge on any atom is 0.0704 e. The Balaban J connectivity index is 1.67. The molecule has 3 N–H and O–H groups in total. The van der Waals surface area contributed by atoms with Crippen LogP contribution < -0.4 is 11.1 Å². The zero-order valence-electron chi connectivity index (χ0n) is 9.12. The molecule has 1 aromatic heterocycles. The van der Waals surface area contributed by atoms with E-state index in [4.69, 9.17) is 10.5 Å². The van der Waals surface area contributed by atoms with E-state index in [-0.39, 0.29) is 6.10 Å². The van der Waals surface area contributed by atoms with Gasteiger partial charge in [-0.2, -0.15) is 0 Å². The molecule has 0 radical (unpaired) electrons. The van der Waals surface area contributed by atoms with E-state index in [9.17, 15) is 0 Å². The van der Waals surface area contributed by atoms with Crippen LogP contribution in [-0.4, -0.2) is 25.3 Å².